The molecule has 4 heteroatoms. The van der Waals surface area contributed by atoms with E-state index in [0.29, 0.717) is 6.42 Å². The number of carbonyl (C=O) groups is 1. The molecule has 96 valence electrons. The average molecular weight is 245 g/mol. The molecule has 0 aliphatic carbocycles. The van der Waals surface area contributed by atoms with E-state index in [1.165, 1.54) is 5.56 Å². The molecule has 3 N–H and O–H groups in total. The lowest BCUT2D eigenvalue weighted by Crippen LogP contribution is -2.31. The van der Waals surface area contributed by atoms with Crippen LogP contribution in [0.1, 0.15) is 30.9 Å². The first-order chi connectivity index (χ1) is 8.70. The standard InChI is InChI=1S/C14H19N3O/c1-10-9-13(18)16-17-14(10)12-6-4-11(5-7-12)3-2-8-15/h4-7,10H,2-3,8-9,15H2,1H3,(H,16,18). The predicted molar refractivity (Wildman–Crippen MR) is 72.3 cm³/mol. The number of rotatable bonds is 4. The van der Waals surface area contributed by atoms with Crippen LogP contribution in [0.5, 0.6) is 0 Å². The number of hydrogen-bond acceptors (Lipinski definition) is 3. The first kappa shape index (κ1) is 12.8. The highest BCUT2D eigenvalue weighted by Gasteiger charge is 2.21. The van der Waals surface area contributed by atoms with Gasteiger partial charge in [-0.25, -0.2) is 5.43 Å². The molecule has 0 saturated carbocycles. The second kappa shape index (κ2) is 5.78. The number of hydrazone groups is 1. The minimum absolute atomic E-state index is 0.00850. The van der Waals surface area contributed by atoms with E-state index in [2.05, 4.69) is 34.8 Å². The molecule has 0 fully saturated rings. The zero-order valence-electron chi connectivity index (χ0n) is 10.6. The van der Waals surface area contributed by atoms with Gasteiger partial charge in [0.05, 0.1) is 5.71 Å². The molecule has 1 aliphatic heterocycles. The quantitative estimate of drug-likeness (QED) is 0.842. The second-order valence-electron chi connectivity index (χ2n) is 4.73. The maximum Gasteiger partial charge on any atom is 0.240 e. The van der Waals surface area contributed by atoms with Gasteiger partial charge in [-0.05, 0) is 30.5 Å². The van der Waals surface area contributed by atoms with Gasteiger partial charge in [-0.1, -0.05) is 31.2 Å². The van der Waals surface area contributed by atoms with Crippen molar-refractivity contribution in [2.75, 3.05) is 6.54 Å². The summed E-state index contributed by atoms with van der Waals surface area (Å²) in [5, 5.41) is 4.15. The van der Waals surface area contributed by atoms with Gasteiger partial charge in [-0.3, -0.25) is 4.79 Å². The first-order valence-electron chi connectivity index (χ1n) is 6.36. The highest BCUT2D eigenvalue weighted by atomic mass is 16.2. The lowest BCUT2D eigenvalue weighted by molar-refractivity contribution is -0.121. The van der Waals surface area contributed by atoms with Crippen molar-refractivity contribution in [3.63, 3.8) is 0 Å². The van der Waals surface area contributed by atoms with Gasteiger partial charge in [0.2, 0.25) is 5.91 Å². The van der Waals surface area contributed by atoms with Crippen molar-refractivity contribution in [2.24, 2.45) is 16.8 Å². The van der Waals surface area contributed by atoms with Crippen LogP contribution in [-0.4, -0.2) is 18.2 Å². The molecule has 1 atom stereocenters. The molecule has 0 spiro atoms. The molecule has 0 bridgehead atoms. The number of nitrogens with zero attached hydrogens (tertiary/aromatic N) is 1. The summed E-state index contributed by atoms with van der Waals surface area (Å²) >= 11 is 0. The maximum absolute atomic E-state index is 11.2. The van der Waals surface area contributed by atoms with Crippen molar-refractivity contribution in [3.8, 4) is 0 Å². The van der Waals surface area contributed by atoms with Crippen LogP contribution < -0.4 is 11.2 Å². The van der Waals surface area contributed by atoms with Crippen LogP contribution in [0, 0.1) is 5.92 Å². The number of amides is 1. The third-order valence-corrected chi connectivity index (χ3v) is 3.18. The first-order valence-corrected chi connectivity index (χ1v) is 6.36. The molecule has 0 radical (unpaired) electrons. The van der Waals surface area contributed by atoms with Gasteiger partial charge in [-0.2, -0.15) is 5.10 Å². The Labute approximate surface area is 107 Å². The van der Waals surface area contributed by atoms with Crippen molar-refractivity contribution in [1.82, 2.24) is 5.43 Å². The van der Waals surface area contributed by atoms with Crippen LogP contribution in [0.3, 0.4) is 0 Å². The Morgan fingerprint density at radius 2 is 2.11 bits per heavy atom. The topological polar surface area (TPSA) is 67.5 Å². The minimum atomic E-state index is -0.00850. The Hall–Kier alpha value is -1.68. The van der Waals surface area contributed by atoms with Crippen molar-refractivity contribution in [2.45, 2.75) is 26.2 Å². The lowest BCUT2D eigenvalue weighted by atomic mass is 9.93. The highest BCUT2D eigenvalue weighted by molar-refractivity contribution is 6.05. The summed E-state index contributed by atoms with van der Waals surface area (Å²) in [6, 6.07) is 8.35. The zero-order valence-corrected chi connectivity index (χ0v) is 10.6. The number of benzene rings is 1. The van der Waals surface area contributed by atoms with Crippen molar-refractivity contribution < 1.29 is 4.79 Å². The maximum atomic E-state index is 11.2. The van der Waals surface area contributed by atoms with E-state index < -0.39 is 0 Å². The molecule has 1 aromatic carbocycles. The fourth-order valence-electron chi connectivity index (χ4n) is 2.15. The molecule has 4 nitrogen and oxygen atoms in total. The fraction of sp³-hybridized carbons (Fsp3) is 0.429. The molecular weight excluding hydrogens is 226 g/mol. The Bertz CT molecular complexity index is 451. The second-order valence-corrected chi connectivity index (χ2v) is 4.73. The number of nitrogens with two attached hydrogens (primary N) is 1. The lowest BCUT2D eigenvalue weighted by Gasteiger charge is -2.19. The highest BCUT2D eigenvalue weighted by Crippen LogP contribution is 2.17. The van der Waals surface area contributed by atoms with E-state index in [-0.39, 0.29) is 11.8 Å². The van der Waals surface area contributed by atoms with Crippen LogP contribution in [0.4, 0.5) is 0 Å². The summed E-state index contributed by atoms with van der Waals surface area (Å²) in [5.41, 5.74) is 11.4. The molecule has 1 unspecified atom stereocenters. The Morgan fingerprint density at radius 3 is 2.72 bits per heavy atom. The predicted octanol–water partition coefficient (Wildman–Crippen LogP) is 1.44. The Morgan fingerprint density at radius 1 is 1.39 bits per heavy atom. The number of hydrogen-bond donors (Lipinski definition) is 2. The van der Waals surface area contributed by atoms with Crippen LogP contribution >= 0.6 is 0 Å². The van der Waals surface area contributed by atoms with E-state index in [4.69, 9.17) is 5.73 Å². The molecule has 1 amide bonds. The van der Waals surface area contributed by atoms with Gasteiger partial charge in [0, 0.05) is 12.3 Å². The molecule has 1 aliphatic rings. The monoisotopic (exact) mass is 245 g/mol. The fourth-order valence-corrected chi connectivity index (χ4v) is 2.15. The summed E-state index contributed by atoms with van der Waals surface area (Å²) in [7, 11) is 0. The molecule has 2 rings (SSSR count). The van der Waals surface area contributed by atoms with E-state index in [1.807, 2.05) is 6.92 Å². The molecule has 18 heavy (non-hydrogen) atoms. The summed E-state index contributed by atoms with van der Waals surface area (Å²) in [4.78, 5) is 11.2. The van der Waals surface area contributed by atoms with Gasteiger partial charge in [0.1, 0.15) is 0 Å². The summed E-state index contributed by atoms with van der Waals surface area (Å²) in [6.45, 7) is 2.75. The molecule has 1 aromatic rings. The minimum Gasteiger partial charge on any atom is -0.330 e. The van der Waals surface area contributed by atoms with Gasteiger partial charge in [-0.15, -0.1) is 0 Å². The van der Waals surface area contributed by atoms with Gasteiger partial charge < -0.3 is 5.73 Å². The van der Waals surface area contributed by atoms with E-state index >= 15 is 0 Å². The van der Waals surface area contributed by atoms with E-state index in [0.717, 1.165) is 30.7 Å². The van der Waals surface area contributed by atoms with Crippen molar-refractivity contribution >= 4 is 11.6 Å². The average Bonchev–Trinajstić information content (AvgIpc) is 2.37. The van der Waals surface area contributed by atoms with Crippen LogP contribution in [0.15, 0.2) is 29.4 Å². The number of nitrogens with one attached hydrogen (secondary N) is 1. The SMILES string of the molecule is CC1CC(=O)NN=C1c1ccc(CCCN)cc1. The number of carbonyl (C=O) groups excluding carboxylic acids is 1. The van der Waals surface area contributed by atoms with Gasteiger partial charge in [0.15, 0.2) is 0 Å². The van der Waals surface area contributed by atoms with Crippen LogP contribution in [0.25, 0.3) is 0 Å². The van der Waals surface area contributed by atoms with E-state index in [1.54, 1.807) is 0 Å². The van der Waals surface area contributed by atoms with Crippen molar-refractivity contribution in [3.05, 3.63) is 35.4 Å². The zero-order chi connectivity index (χ0) is 13.0. The normalized spacial score (nSPS) is 19.3. The Kier molecular flexibility index (Phi) is 4.10. The number of aryl methyl sites for hydroxylation is 1. The largest absolute Gasteiger partial charge is 0.330 e. The Balaban J connectivity index is 2.12. The molecule has 0 saturated heterocycles. The summed E-state index contributed by atoms with van der Waals surface area (Å²) in [5.74, 6) is 0.166. The molecule has 1 heterocycles. The molecular formula is C14H19N3O. The summed E-state index contributed by atoms with van der Waals surface area (Å²) < 4.78 is 0. The summed E-state index contributed by atoms with van der Waals surface area (Å²) in [6.07, 6.45) is 2.52. The van der Waals surface area contributed by atoms with Crippen LogP contribution in [0.2, 0.25) is 0 Å². The third kappa shape index (κ3) is 2.96. The van der Waals surface area contributed by atoms with Gasteiger partial charge in [0.25, 0.3) is 0 Å². The van der Waals surface area contributed by atoms with Crippen LogP contribution in [-0.2, 0) is 11.2 Å². The third-order valence-electron chi connectivity index (χ3n) is 3.18. The van der Waals surface area contributed by atoms with Crippen molar-refractivity contribution in [1.29, 1.82) is 0 Å². The molecule has 0 aromatic heterocycles. The van der Waals surface area contributed by atoms with E-state index in [9.17, 15) is 4.79 Å². The smallest absolute Gasteiger partial charge is 0.240 e. The van der Waals surface area contributed by atoms with Gasteiger partial charge >= 0.3 is 0 Å².